The lowest BCUT2D eigenvalue weighted by atomic mass is 9.84. The third-order valence-corrected chi connectivity index (χ3v) is 3.67. The van der Waals surface area contributed by atoms with Gasteiger partial charge >= 0.3 is 0 Å². The highest BCUT2D eigenvalue weighted by Crippen LogP contribution is 2.28. The van der Waals surface area contributed by atoms with Gasteiger partial charge in [-0.05, 0) is 25.0 Å². The summed E-state index contributed by atoms with van der Waals surface area (Å²) in [6.07, 6.45) is 0. The summed E-state index contributed by atoms with van der Waals surface area (Å²) in [6, 6.07) is 16.0. The van der Waals surface area contributed by atoms with E-state index in [0.29, 0.717) is 5.71 Å². The minimum atomic E-state index is -0.193. The average Bonchev–Trinajstić information content (AvgIpc) is 2.46. The molecule has 2 heteroatoms. The van der Waals surface area contributed by atoms with Crippen molar-refractivity contribution in [3.63, 3.8) is 0 Å². The summed E-state index contributed by atoms with van der Waals surface area (Å²) in [6.45, 7) is 10.5. The predicted octanol–water partition coefficient (Wildman–Crippen LogP) is 5.49. The van der Waals surface area contributed by atoms with Crippen LogP contribution in [-0.2, 0) is 0 Å². The number of para-hydroxylation sites is 1. The van der Waals surface area contributed by atoms with E-state index in [1.165, 1.54) is 0 Å². The third-order valence-electron chi connectivity index (χ3n) is 3.67. The van der Waals surface area contributed by atoms with Gasteiger partial charge in [-0.2, -0.15) is 0 Å². The molecule has 2 rings (SSSR count). The van der Waals surface area contributed by atoms with Gasteiger partial charge in [0.05, 0.1) is 17.1 Å². The van der Waals surface area contributed by atoms with Crippen LogP contribution in [0.1, 0.15) is 37.5 Å². The topological polar surface area (TPSA) is 36.2 Å². The fourth-order valence-electron chi connectivity index (χ4n) is 2.43. The third kappa shape index (κ3) is 3.51. The van der Waals surface area contributed by atoms with Crippen molar-refractivity contribution >= 4 is 17.1 Å². The Morgan fingerprint density at radius 1 is 0.864 bits per heavy atom. The normalized spacial score (nSPS) is 12.3. The predicted molar refractivity (Wildman–Crippen MR) is 95.7 cm³/mol. The standard InChI is InChI=1S/C20H24N2/c1-14-10-9-11-15(2)18(14)22-19(20(3,4)5)17(21)16-12-7-6-8-13-16/h6-13,21H,1-5H3. The van der Waals surface area contributed by atoms with Crippen LogP contribution in [-0.4, -0.2) is 11.4 Å². The number of nitrogens with one attached hydrogen (secondary N) is 1. The number of aliphatic imine (C=N–C) groups is 1. The number of hydrogen-bond donors (Lipinski definition) is 1. The zero-order valence-electron chi connectivity index (χ0n) is 14.1. The molecule has 0 aromatic heterocycles. The van der Waals surface area contributed by atoms with Crippen LogP contribution < -0.4 is 0 Å². The molecule has 2 nitrogen and oxygen atoms in total. The van der Waals surface area contributed by atoms with Gasteiger partial charge in [-0.25, -0.2) is 0 Å². The molecule has 0 radical (unpaired) electrons. The lowest BCUT2D eigenvalue weighted by Crippen LogP contribution is -2.29. The smallest absolute Gasteiger partial charge is 0.0832 e. The maximum Gasteiger partial charge on any atom is 0.0832 e. The van der Waals surface area contributed by atoms with Crippen molar-refractivity contribution < 1.29 is 0 Å². The number of hydrogen-bond acceptors (Lipinski definition) is 2. The number of nitrogens with zero attached hydrogens (tertiary/aromatic N) is 1. The van der Waals surface area contributed by atoms with E-state index in [1.54, 1.807) is 0 Å². The van der Waals surface area contributed by atoms with Crippen molar-refractivity contribution in [2.75, 3.05) is 0 Å². The van der Waals surface area contributed by atoms with E-state index in [1.807, 2.05) is 36.4 Å². The van der Waals surface area contributed by atoms with Gasteiger partial charge in [-0.15, -0.1) is 0 Å². The molecule has 0 aliphatic carbocycles. The van der Waals surface area contributed by atoms with Crippen molar-refractivity contribution in [3.8, 4) is 0 Å². The monoisotopic (exact) mass is 292 g/mol. The summed E-state index contributed by atoms with van der Waals surface area (Å²) in [5.41, 5.74) is 5.29. The SMILES string of the molecule is Cc1cccc(C)c1N=C(C(=N)c1ccccc1)C(C)(C)C. The Morgan fingerprint density at radius 3 is 1.91 bits per heavy atom. The van der Waals surface area contributed by atoms with Gasteiger partial charge in [0, 0.05) is 11.0 Å². The molecule has 2 aromatic rings. The molecular weight excluding hydrogens is 268 g/mol. The van der Waals surface area contributed by atoms with E-state index in [-0.39, 0.29) is 5.41 Å². The van der Waals surface area contributed by atoms with Gasteiger partial charge in [0.2, 0.25) is 0 Å². The highest BCUT2D eigenvalue weighted by Gasteiger charge is 2.24. The average molecular weight is 292 g/mol. The van der Waals surface area contributed by atoms with Crippen molar-refractivity contribution in [2.45, 2.75) is 34.6 Å². The molecule has 114 valence electrons. The molecule has 0 bridgehead atoms. The van der Waals surface area contributed by atoms with Crippen molar-refractivity contribution in [1.82, 2.24) is 0 Å². The zero-order valence-corrected chi connectivity index (χ0v) is 14.1. The van der Waals surface area contributed by atoms with Crippen LogP contribution in [0.5, 0.6) is 0 Å². The summed E-state index contributed by atoms with van der Waals surface area (Å²) in [5.74, 6) is 0. The quantitative estimate of drug-likeness (QED) is 0.726. The molecule has 0 heterocycles. The minimum Gasteiger partial charge on any atom is -0.298 e. The first-order valence-corrected chi connectivity index (χ1v) is 7.60. The Labute approximate surface area is 133 Å². The molecule has 0 atom stereocenters. The van der Waals surface area contributed by atoms with E-state index in [0.717, 1.165) is 28.1 Å². The first kappa shape index (κ1) is 16.2. The van der Waals surface area contributed by atoms with E-state index in [9.17, 15) is 0 Å². The van der Waals surface area contributed by atoms with E-state index < -0.39 is 0 Å². The van der Waals surface area contributed by atoms with E-state index in [2.05, 4.69) is 46.8 Å². The number of rotatable bonds is 3. The summed E-state index contributed by atoms with van der Waals surface area (Å²) < 4.78 is 0. The lowest BCUT2D eigenvalue weighted by Gasteiger charge is -2.23. The second kappa shape index (κ2) is 6.27. The first-order chi connectivity index (χ1) is 10.3. The first-order valence-electron chi connectivity index (χ1n) is 7.60. The lowest BCUT2D eigenvalue weighted by molar-refractivity contribution is 0.597. The molecular formula is C20H24N2. The molecule has 0 aliphatic rings. The largest absolute Gasteiger partial charge is 0.298 e. The maximum absolute atomic E-state index is 8.60. The van der Waals surface area contributed by atoms with E-state index >= 15 is 0 Å². The Morgan fingerprint density at radius 2 is 1.41 bits per heavy atom. The Bertz CT molecular complexity index is 684. The molecule has 0 fully saturated rings. The number of aryl methyl sites for hydroxylation is 2. The van der Waals surface area contributed by atoms with Crippen LogP contribution in [0.3, 0.4) is 0 Å². The summed E-state index contributed by atoms with van der Waals surface area (Å²) in [5, 5.41) is 8.60. The molecule has 0 spiro atoms. The fraction of sp³-hybridized carbons (Fsp3) is 0.300. The molecule has 0 saturated heterocycles. The zero-order chi connectivity index (χ0) is 16.3. The van der Waals surface area contributed by atoms with Crippen LogP contribution in [0, 0.1) is 24.7 Å². The van der Waals surface area contributed by atoms with Gasteiger partial charge in [0.25, 0.3) is 0 Å². The van der Waals surface area contributed by atoms with Crippen molar-refractivity contribution in [1.29, 1.82) is 5.41 Å². The Kier molecular flexibility index (Phi) is 4.60. The maximum atomic E-state index is 8.60. The number of benzene rings is 2. The molecule has 2 aromatic carbocycles. The molecule has 0 aliphatic heterocycles. The van der Waals surface area contributed by atoms with Gasteiger partial charge in [-0.1, -0.05) is 69.3 Å². The summed E-state index contributed by atoms with van der Waals surface area (Å²) in [7, 11) is 0. The van der Waals surface area contributed by atoms with Crippen LogP contribution in [0.25, 0.3) is 0 Å². The van der Waals surface area contributed by atoms with Crippen LogP contribution in [0.4, 0.5) is 5.69 Å². The molecule has 0 saturated carbocycles. The molecule has 1 N–H and O–H groups in total. The summed E-state index contributed by atoms with van der Waals surface area (Å²) in [4.78, 5) is 4.90. The summed E-state index contributed by atoms with van der Waals surface area (Å²) >= 11 is 0. The highest BCUT2D eigenvalue weighted by atomic mass is 14.8. The molecule has 0 amide bonds. The molecule has 0 unspecified atom stereocenters. The Hall–Kier alpha value is -2.22. The Balaban J connectivity index is 2.57. The van der Waals surface area contributed by atoms with Gasteiger partial charge < -0.3 is 0 Å². The van der Waals surface area contributed by atoms with Crippen LogP contribution >= 0.6 is 0 Å². The van der Waals surface area contributed by atoms with Gasteiger partial charge in [0.1, 0.15) is 0 Å². The fourth-order valence-corrected chi connectivity index (χ4v) is 2.43. The van der Waals surface area contributed by atoms with Crippen molar-refractivity contribution in [2.24, 2.45) is 10.4 Å². The van der Waals surface area contributed by atoms with E-state index in [4.69, 9.17) is 10.4 Å². The molecule has 22 heavy (non-hydrogen) atoms. The second-order valence-electron chi connectivity index (χ2n) is 6.69. The second-order valence-corrected chi connectivity index (χ2v) is 6.69. The van der Waals surface area contributed by atoms with Gasteiger partial charge in [0.15, 0.2) is 0 Å². The van der Waals surface area contributed by atoms with Crippen molar-refractivity contribution in [3.05, 3.63) is 65.2 Å². The highest BCUT2D eigenvalue weighted by molar-refractivity contribution is 6.49. The van der Waals surface area contributed by atoms with Crippen LogP contribution in [0.15, 0.2) is 53.5 Å². The van der Waals surface area contributed by atoms with Gasteiger partial charge in [-0.3, -0.25) is 10.4 Å². The van der Waals surface area contributed by atoms with Crippen LogP contribution in [0.2, 0.25) is 0 Å². The minimum absolute atomic E-state index is 0.193.